The highest BCUT2D eigenvalue weighted by atomic mass is 14.8. The number of allylic oxidation sites excluding steroid dienone is 2. The van der Waals surface area contributed by atoms with Crippen molar-refractivity contribution in [2.75, 3.05) is 0 Å². The van der Waals surface area contributed by atoms with Gasteiger partial charge < -0.3 is 0 Å². The Morgan fingerprint density at radius 1 is 0.575 bits per heavy atom. The van der Waals surface area contributed by atoms with Crippen molar-refractivity contribution in [3.63, 3.8) is 0 Å². The Morgan fingerprint density at radius 3 is 1.75 bits per heavy atom. The van der Waals surface area contributed by atoms with E-state index in [9.17, 15) is 0 Å². The molecule has 0 aliphatic carbocycles. The first-order valence-corrected chi connectivity index (χ1v) is 16.7. The van der Waals surface area contributed by atoms with E-state index in [1.807, 2.05) is 36.5 Å². The second kappa shape index (κ2) is 23.2. The predicted octanol–water partition coefficient (Wildman–Crippen LogP) is 12.5. The molecule has 0 amide bonds. The van der Waals surface area contributed by atoms with Crippen LogP contribution in [-0.4, -0.2) is 11.9 Å². The van der Waals surface area contributed by atoms with Crippen molar-refractivity contribution in [3.8, 4) is 0 Å². The Kier molecular flexibility index (Phi) is 19.6. The van der Waals surface area contributed by atoms with Crippen molar-refractivity contribution in [2.45, 2.75) is 143 Å². The van der Waals surface area contributed by atoms with Gasteiger partial charge in [0.05, 0.1) is 23.3 Å². The van der Waals surface area contributed by atoms with Gasteiger partial charge in [-0.05, 0) is 67.2 Å². The average molecular weight is 543 g/mol. The number of para-hydroxylation sites is 1. The number of nitrogens with zero attached hydrogens (tertiary/aromatic N) is 2. The fourth-order valence-corrected chi connectivity index (χ4v) is 5.27. The van der Waals surface area contributed by atoms with Crippen LogP contribution in [0.25, 0.3) is 0 Å². The van der Waals surface area contributed by atoms with E-state index in [1.54, 1.807) is 0 Å². The molecule has 220 valence electrons. The first kappa shape index (κ1) is 33.7. The lowest BCUT2D eigenvalue weighted by molar-refractivity contribution is 0.536. The monoisotopic (exact) mass is 542 g/mol. The van der Waals surface area contributed by atoms with Crippen LogP contribution in [0.15, 0.2) is 70.7 Å². The van der Waals surface area contributed by atoms with Crippen LogP contribution in [0, 0.1) is 0 Å². The molecule has 0 aromatic heterocycles. The standard InChI is InChI=1S/C38H58N2/c1-4-7-8-9-10-11-12-13-14-15-16-17-18-19-20-22-29-38(40-36-27-23-21-24-28-36)33-39-37-31-30-34(25-5-2)35(32-37)26-6-3/h21-24,27-33H,4-20,25-26H2,1-3H3/b29-22+,39-33?,40-38?. The van der Waals surface area contributed by atoms with Gasteiger partial charge >= 0.3 is 0 Å². The van der Waals surface area contributed by atoms with E-state index < -0.39 is 0 Å². The van der Waals surface area contributed by atoms with Gasteiger partial charge in [0.1, 0.15) is 0 Å². The van der Waals surface area contributed by atoms with E-state index in [0.717, 1.165) is 42.8 Å². The third-order valence-corrected chi connectivity index (χ3v) is 7.60. The Hall–Kier alpha value is -2.48. The van der Waals surface area contributed by atoms with Gasteiger partial charge in [0.15, 0.2) is 0 Å². The maximum atomic E-state index is 4.87. The van der Waals surface area contributed by atoms with Crippen molar-refractivity contribution >= 4 is 23.3 Å². The molecule has 0 saturated carbocycles. The number of rotatable bonds is 23. The van der Waals surface area contributed by atoms with Crippen LogP contribution in [0.4, 0.5) is 11.4 Å². The normalized spacial score (nSPS) is 12.2. The summed E-state index contributed by atoms with van der Waals surface area (Å²) < 4.78 is 0. The molecule has 0 fully saturated rings. The quantitative estimate of drug-likeness (QED) is 0.0985. The highest BCUT2D eigenvalue weighted by Crippen LogP contribution is 2.21. The fraction of sp³-hybridized carbons (Fsp3) is 0.579. The average Bonchev–Trinajstić information content (AvgIpc) is 2.97. The summed E-state index contributed by atoms with van der Waals surface area (Å²) >= 11 is 0. The lowest BCUT2D eigenvalue weighted by atomic mass is 9.99. The van der Waals surface area contributed by atoms with Crippen molar-refractivity contribution in [1.82, 2.24) is 0 Å². The summed E-state index contributed by atoms with van der Waals surface area (Å²) in [5.74, 6) is 0. The summed E-state index contributed by atoms with van der Waals surface area (Å²) in [5.41, 5.74) is 5.80. The van der Waals surface area contributed by atoms with Gasteiger partial charge in [0.25, 0.3) is 0 Å². The van der Waals surface area contributed by atoms with Crippen molar-refractivity contribution < 1.29 is 0 Å². The minimum atomic E-state index is 0.909. The van der Waals surface area contributed by atoms with E-state index in [4.69, 9.17) is 9.98 Å². The van der Waals surface area contributed by atoms with E-state index in [2.05, 4.69) is 51.1 Å². The van der Waals surface area contributed by atoms with Crippen LogP contribution in [0.3, 0.4) is 0 Å². The summed E-state index contributed by atoms with van der Waals surface area (Å²) in [6, 6.07) is 16.9. The first-order chi connectivity index (χ1) is 19.8. The molecule has 0 spiro atoms. The number of benzene rings is 2. The van der Waals surface area contributed by atoms with Gasteiger partial charge in [-0.25, -0.2) is 4.99 Å². The minimum absolute atomic E-state index is 0.909. The van der Waals surface area contributed by atoms with Crippen LogP contribution < -0.4 is 0 Å². The second-order valence-electron chi connectivity index (χ2n) is 11.4. The number of aliphatic imine (C=N–C) groups is 2. The summed E-state index contributed by atoms with van der Waals surface area (Å²) in [7, 11) is 0. The molecule has 2 aromatic carbocycles. The molecule has 0 radical (unpaired) electrons. The van der Waals surface area contributed by atoms with Gasteiger partial charge in [0, 0.05) is 0 Å². The molecule has 2 nitrogen and oxygen atoms in total. The highest BCUT2D eigenvalue weighted by molar-refractivity contribution is 6.36. The molecular weight excluding hydrogens is 484 g/mol. The maximum absolute atomic E-state index is 4.87. The molecular formula is C38H58N2. The van der Waals surface area contributed by atoms with Crippen LogP contribution in [-0.2, 0) is 12.8 Å². The topological polar surface area (TPSA) is 24.7 Å². The molecule has 0 heterocycles. The zero-order valence-electron chi connectivity index (χ0n) is 26.2. The number of unbranched alkanes of at least 4 members (excludes halogenated alkanes) is 14. The lowest BCUT2D eigenvalue weighted by Gasteiger charge is -2.08. The zero-order chi connectivity index (χ0) is 28.5. The summed E-state index contributed by atoms with van der Waals surface area (Å²) in [6.07, 6.45) is 31.7. The van der Waals surface area contributed by atoms with Crippen molar-refractivity contribution in [3.05, 3.63) is 71.8 Å². The SMILES string of the molecule is CCCCCCCCCCCCCCCC/C=C/C(C=Nc1ccc(CCC)c(CCC)c1)=Nc1ccccc1. The number of aryl methyl sites for hydroxylation is 2. The largest absolute Gasteiger partial charge is 0.255 e. The van der Waals surface area contributed by atoms with Gasteiger partial charge in [0.2, 0.25) is 0 Å². The third-order valence-electron chi connectivity index (χ3n) is 7.60. The molecule has 0 aliphatic heterocycles. The molecule has 0 bridgehead atoms. The summed E-state index contributed by atoms with van der Waals surface area (Å²) in [5, 5.41) is 0. The Balaban J connectivity index is 1.76. The maximum Gasteiger partial charge on any atom is 0.0816 e. The van der Waals surface area contributed by atoms with Crippen LogP contribution in [0.2, 0.25) is 0 Å². The lowest BCUT2D eigenvalue weighted by Crippen LogP contribution is -1.96. The molecule has 0 atom stereocenters. The molecule has 0 aliphatic rings. The van der Waals surface area contributed by atoms with E-state index in [1.165, 1.54) is 107 Å². The molecule has 0 unspecified atom stereocenters. The molecule has 0 N–H and O–H groups in total. The predicted molar refractivity (Wildman–Crippen MR) is 180 cm³/mol. The molecule has 2 aromatic rings. The van der Waals surface area contributed by atoms with Gasteiger partial charge in [-0.2, -0.15) is 0 Å². The summed E-state index contributed by atoms with van der Waals surface area (Å²) in [6.45, 7) is 6.79. The van der Waals surface area contributed by atoms with Crippen LogP contribution >= 0.6 is 0 Å². The molecule has 40 heavy (non-hydrogen) atoms. The van der Waals surface area contributed by atoms with Gasteiger partial charge in [-0.15, -0.1) is 0 Å². The van der Waals surface area contributed by atoms with E-state index in [0.29, 0.717) is 0 Å². The Morgan fingerprint density at radius 2 is 1.15 bits per heavy atom. The third kappa shape index (κ3) is 15.9. The van der Waals surface area contributed by atoms with E-state index in [-0.39, 0.29) is 0 Å². The van der Waals surface area contributed by atoms with Crippen LogP contribution in [0.5, 0.6) is 0 Å². The highest BCUT2D eigenvalue weighted by Gasteiger charge is 2.03. The first-order valence-electron chi connectivity index (χ1n) is 16.7. The Bertz CT molecular complexity index is 970. The number of hydrogen-bond donors (Lipinski definition) is 0. The smallest absolute Gasteiger partial charge is 0.0816 e. The zero-order valence-corrected chi connectivity index (χ0v) is 26.2. The van der Waals surface area contributed by atoms with E-state index >= 15 is 0 Å². The Labute approximate surface area is 247 Å². The molecule has 2 heteroatoms. The van der Waals surface area contributed by atoms with Crippen molar-refractivity contribution in [2.24, 2.45) is 9.98 Å². The van der Waals surface area contributed by atoms with Gasteiger partial charge in [-0.3, -0.25) is 4.99 Å². The fourth-order valence-electron chi connectivity index (χ4n) is 5.27. The van der Waals surface area contributed by atoms with Crippen molar-refractivity contribution in [1.29, 1.82) is 0 Å². The molecule has 0 saturated heterocycles. The number of hydrogen-bond acceptors (Lipinski definition) is 2. The minimum Gasteiger partial charge on any atom is -0.255 e. The second-order valence-corrected chi connectivity index (χ2v) is 11.4. The van der Waals surface area contributed by atoms with Gasteiger partial charge in [-0.1, -0.05) is 147 Å². The summed E-state index contributed by atoms with van der Waals surface area (Å²) in [4.78, 5) is 9.70. The van der Waals surface area contributed by atoms with Crippen LogP contribution in [0.1, 0.15) is 141 Å². The molecule has 2 rings (SSSR count).